The van der Waals surface area contributed by atoms with E-state index in [-0.39, 0.29) is 30.7 Å². The van der Waals surface area contributed by atoms with E-state index in [9.17, 15) is 0 Å². The largest absolute Gasteiger partial charge is 1.00 e. The van der Waals surface area contributed by atoms with Crippen molar-refractivity contribution < 1.29 is 52.6 Å². The zero-order chi connectivity index (χ0) is 55.9. The molecule has 0 spiro atoms. The van der Waals surface area contributed by atoms with Crippen LogP contribution in [0, 0.1) is 61.3 Å². The number of methoxy groups -OCH3 is 2. The van der Waals surface area contributed by atoms with Gasteiger partial charge in [-0.25, -0.2) is 0 Å². The summed E-state index contributed by atoms with van der Waals surface area (Å²) < 4.78 is 12.2. The number of nitrogens with two attached hydrogens (primary N) is 2. The summed E-state index contributed by atoms with van der Waals surface area (Å²) in [5, 5.41) is 10.6. The number of aryl methyl sites for hydroxylation is 8. The Morgan fingerprint density at radius 1 is 0.425 bits per heavy atom. The first-order chi connectivity index (χ1) is 37.3. The summed E-state index contributed by atoms with van der Waals surface area (Å²) in [6.45, 7) is 21.7. The van der Waals surface area contributed by atoms with Gasteiger partial charge in [0.05, 0.1) is 14.2 Å². The molecule has 0 amide bonds. The number of halogens is 2. The smallest absolute Gasteiger partial charge is 0.00992 e. The first kappa shape index (κ1) is 63.5. The van der Waals surface area contributed by atoms with Crippen molar-refractivity contribution >= 4 is 64.1 Å². The molecule has 80 heavy (non-hydrogen) atoms. The molecule has 10 aromatic rings. The molecule has 0 aliphatic heterocycles. The van der Waals surface area contributed by atoms with E-state index in [0.717, 1.165) is 42.3 Å². The fraction of sp³-hybridized carbons (Fsp3) is 0.211. The van der Waals surface area contributed by atoms with Crippen molar-refractivity contribution in [2.75, 3.05) is 14.2 Å². The summed E-state index contributed by atoms with van der Waals surface area (Å²) in [7, 11) is 4.53. The van der Waals surface area contributed by atoms with E-state index in [1.165, 1.54) is 97.0 Å². The van der Waals surface area contributed by atoms with Crippen LogP contribution in [0.4, 0.5) is 0 Å². The Kier molecular flexibility index (Phi) is 22.1. The predicted molar refractivity (Wildman–Crippen MR) is 337 cm³/mol. The van der Waals surface area contributed by atoms with Crippen LogP contribution in [0.2, 0.25) is 0 Å². The molecule has 10 rings (SSSR count). The molecular formula is C71H75Cl2N2O2P2Ru. The Balaban J connectivity index is 0.000000218. The maximum atomic E-state index is 7.86. The summed E-state index contributed by atoms with van der Waals surface area (Å²) in [4.78, 5) is 0. The Labute approximate surface area is 503 Å². The van der Waals surface area contributed by atoms with E-state index in [2.05, 4.69) is 233 Å². The van der Waals surface area contributed by atoms with Crippen LogP contribution in [0.1, 0.15) is 75.0 Å². The van der Waals surface area contributed by atoms with Gasteiger partial charge in [-0.3, -0.25) is 0 Å². The van der Waals surface area contributed by atoms with Crippen molar-refractivity contribution in [3.63, 3.8) is 0 Å². The number of hydrogen-bond donors (Lipinski definition) is 2. The molecule has 2 atom stereocenters. The molecule has 0 saturated carbocycles. The number of hydrogen-bond acceptors (Lipinski definition) is 4. The van der Waals surface area contributed by atoms with Crippen LogP contribution in [0.25, 0.3) is 32.7 Å². The average molecular weight is 1220 g/mol. The van der Waals surface area contributed by atoms with Gasteiger partial charge in [-0.15, -0.1) is 0 Å². The minimum Gasteiger partial charge on any atom is -1.00 e. The van der Waals surface area contributed by atoms with Gasteiger partial charge in [0.1, 0.15) is 0 Å². The van der Waals surface area contributed by atoms with Gasteiger partial charge in [-0.1, -0.05) is 152 Å². The Morgan fingerprint density at radius 3 is 1.21 bits per heavy atom. The first-order valence-corrected chi connectivity index (χ1v) is 29.6. The average Bonchev–Trinajstić information content (AvgIpc) is 3.53. The maximum Gasteiger partial charge on any atom is -0.00992 e. The third-order valence-corrected chi connectivity index (χ3v) is 18.8. The number of fused-ring (bicyclic) bond motifs is 2. The molecule has 0 aliphatic rings. The summed E-state index contributed by atoms with van der Waals surface area (Å²) in [6.07, 6.45) is 0. The van der Waals surface area contributed by atoms with Crippen molar-refractivity contribution in [2.45, 2.75) is 80.3 Å². The van der Waals surface area contributed by atoms with Gasteiger partial charge in [0, 0.05) is 0 Å². The molecule has 413 valence electrons. The van der Waals surface area contributed by atoms with E-state index in [1.54, 1.807) is 14.2 Å². The summed E-state index contributed by atoms with van der Waals surface area (Å²) >= 11 is 2.84. The number of ether oxygens (including phenoxy) is 2. The minimum absolute atomic E-state index is 0. The SMILES string of the molecule is COc1ccc(C(N)(c2ccc(OC)cc2)[C@@](N)(c2c(C)cc(C)cc2Pc2cc(C)cc(C)[c]2[Ru+2])C(C)C)cc1.Cc1cc(C)cc(Pc2cc(C)cc(C)c2)c1.[Cl-].[Cl-].c1ccc2c(-c3cccc4ccccc34)cccc2c1. The fourth-order valence-electron chi connectivity index (χ4n) is 11.3. The van der Waals surface area contributed by atoms with E-state index in [0.29, 0.717) is 8.58 Å². The second kappa shape index (κ2) is 27.8. The zero-order valence-corrected chi connectivity index (χ0v) is 53.4. The van der Waals surface area contributed by atoms with Crippen LogP contribution in [0.5, 0.6) is 11.5 Å². The molecule has 0 aliphatic carbocycles. The second-order valence-corrected chi connectivity index (χ2v) is 24.9. The Morgan fingerprint density at radius 2 is 0.800 bits per heavy atom. The molecule has 10 aromatic carbocycles. The number of benzene rings is 10. The standard InChI is InChI=1S/C35H42N2O2P.C20H14.C16H19P.2ClH.Ru/c1-22(2)34(36,33-26(6)18-25(5)21-32(33)40-31-19-23(3)17-24(4)20-31)35(37,27-9-13-29(38-7)14-10-27)28-11-15-30(39-8)16-12-28;1-3-11-17-15(7-1)9-5-13-19(17)20-14-6-10-16-8-2-4-12-18(16)20;1-11-5-12(2)8-15(7-11)17-16-9-13(3)6-14(4)10-16;;;/h9-19,21-22,40H,36-37H2,1-8H3;1-14H;5-10,17H,1-4H3;2*1H;/q;;;;;+2/p-2/t34-;;;;;/m0...../s1. The van der Waals surface area contributed by atoms with Gasteiger partial charge in [-0.05, 0) is 71.0 Å². The molecule has 0 heterocycles. The van der Waals surface area contributed by atoms with E-state index >= 15 is 0 Å². The molecule has 0 aromatic heterocycles. The maximum absolute atomic E-state index is 7.86. The molecule has 9 heteroatoms. The first-order valence-electron chi connectivity index (χ1n) is 26.7. The van der Waals surface area contributed by atoms with Crippen LogP contribution >= 0.6 is 17.2 Å². The normalized spacial score (nSPS) is 11.9. The van der Waals surface area contributed by atoms with Crippen molar-refractivity contribution in [3.8, 4) is 22.6 Å². The van der Waals surface area contributed by atoms with Crippen molar-refractivity contribution in [3.05, 3.63) is 255 Å². The fourth-order valence-corrected chi connectivity index (χ4v) is 15.1. The van der Waals surface area contributed by atoms with Crippen molar-refractivity contribution in [1.29, 1.82) is 0 Å². The van der Waals surface area contributed by atoms with Crippen molar-refractivity contribution in [2.24, 2.45) is 17.4 Å². The van der Waals surface area contributed by atoms with E-state index in [4.69, 9.17) is 20.9 Å². The van der Waals surface area contributed by atoms with Gasteiger partial charge in [0.25, 0.3) is 0 Å². The van der Waals surface area contributed by atoms with Gasteiger partial charge in [-0.2, -0.15) is 0 Å². The van der Waals surface area contributed by atoms with Crippen LogP contribution in [0.15, 0.2) is 194 Å². The third kappa shape index (κ3) is 14.1. The van der Waals surface area contributed by atoms with E-state index in [1.807, 2.05) is 48.5 Å². The Hall–Kier alpha value is -5.70. The molecule has 1 unspecified atom stereocenters. The van der Waals surface area contributed by atoms with Crippen LogP contribution in [-0.4, -0.2) is 14.2 Å². The van der Waals surface area contributed by atoms with E-state index < -0.39 is 11.1 Å². The molecular weight excluding hydrogens is 1150 g/mol. The molecule has 4 N–H and O–H groups in total. The van der Waals surface area contributed by atoms with Gasteiger partial charge >= 0.3 is 244 Å². The van der Waals surface area contributed by atoms with Crippen LogP contribution in [0.3, 0.4) is 0 Å². The molecule has 0 fully saturated rings. The van der Waals surface area contributed by atoms with Gasteiger partial charge in [0.2, 0.25) is 0 Å². The quantitative estimate of drug-likeness (QED) is 0.0951. The summed E-state index contributed by atoms with van der Waals surface area (Å²) in [6, 6.07) is 68.9. The topological polar surface area (TPSA) is 70.5 Å². The number of rotatable bonds is 12. The molecule has 0 saturated heterocycles. The van der Waals surface area contributed by atoms with Crippen LogP contribution < -0.4 is 71.1 Å². The minimum atomic E-state index is -1.08. The monoisotopic (exact) mass is 1220 g/mol. The Bertz CT molecular complexity index is 3510. The molecule has 0 bridgehead atoms. The summed E-state index contributed by atoms with van der Waals surface area (Å²) in [5.41, 5.74) is 29.5. The second-order valence-electron chi connectivity index (χ2n) is 21.3. The van der Waals surface area contributed by atoms with Gasteiger partial charge < -0.3 is 24.8 Å². The van der Waals surface area contributed by atoms with Crippen molar-refractivity contribution in [1.82, 2.24) is 0 Å². The van der Waals surface area contributed by atoms with Crippen LogP contribution in [-0.2, 0) is 29.4 Å². The predicted octanol–water partition coefficient (Wildman–Crippen LogP) is 8.67. The zero-order valence-electron chi connectivity index (χ0n) is 48.1. The third-order valence-electron chi connectivity index (χ3n) is 14.8. The van der Waals surface area contributed by atoms with Gasteiger partial charge in [0.15, 0.2) is 0 Å². The molecule has 0 radical (unpaired) electrons. The molecule has 4 nitrogen and oxygen atoms in total. The summed E-state index contributed by atoms with van der Waals surface area (Å²) in [5.74, 6) is 1.53.